The van der Waals surface area contributed by atoms with Crippen LogP contribution in [0, 0.1) is 0 Å². The van der Waals surface area contributed by atoms with Crippen molar-refractivity contribution in [3.63, 3.8) is 0 Å². The van der Waals surface area contributed by atoms with E-state index in [-0.39, 0.29) is 56.1 Å². The lowest BCUT2D eigenvalue weighted by atomic mass is 10.1. The molecule has 3 atom stereocenters. The normalized spacial score (nSPS) is 18.4. The van der Waals surface area contributed by atoms with Gasteiger partial charge in [-0.25, -0.2) is 4.79 Å². The largest absolute Gasteiger partial charge is 0.463 e. The van der Waals surface area contributed by atoms with Crippen LogP contribution in [0.5, 0.6) is 0 Å². The van der Waals surface area contributed by atoms with E-state index in [2.05, 4.69) is 10.3 Å². The summed E-state index contributed by atoms with van der Waals surface area (Å²) in [6.45, 7) is 2.45. The Balaban J connectivity index is 1.69. The first-order valence-electron chi connectivity index (χ1n) is 12.1. The average molecular weight is 528 g/mol. The van der Waals surface area contributed by atoms with E-state index in [1.54, 1.807) is 30.3 Å². The molecule has 0 unspecified atom stereocenters. The van der Waals surface area contributed by atoms with Gasteiger partial charge in [0.05, 0.1) is 12.8 Å². The predicted octanol–water partition coefficient (Wildman–Crippen LogP) is 1.98. The summed E-state index contributed by atoms with van der Waals surface area (Å²) in [5, 5.41) is 2.55. The molecule has 0 spiro atoms. The van der Waals surface area contributed by atoms with Crippen molar-refractivity contribution in [2.45, 2.75) is 64.4 Å². The molecule has 1 aliphatic heterocycles. The molecule has 1 aromatic heterocycles. The molecule has 38 heavy (non-hydrogen) atoms. The number of nitrogens with one attached hydrogen (secondary N) is 1. The zero-order valence-corrected chi connectivity index (χ0v) is 21.1. The van der Waals surface area contributed by atoms with E-state index in [4.69, 9.17) is 14.2 Å². The third-order valence-electron chi connectivity index (χ3n) is 5.65. The molecular weight excluding hydrogens is 498 g/mol. The Bertz CT molecular complexity index is 1240. The van der Waals surface area contributed by atoms with E-state index < -0.39 is 42.0 Å². The van der Waals surface area contributed by atoms with Crippen molar-refractivity contribution < 1.29 is 38.2 Å². The lowest BCUT2D eigenvalue weighted by molar-refractivity contribution is -0.159. The molecule has 1 N–H and O–H groups in total. The fourth-order valence-electron chi connectivity index (χ4n) is 3.66. The monoisotopic (exact) mass is 527 g/mol. The molecule has 12 nitrogen and oxygen atoms in total. The van der Waals surface area contributed by atoms with Gasteiger partial charge in [-0.1, -0.05) is 18.2 Å². The number of esters is 2. The molecule has 1 amide bonds. The van der Waals surface area contributed by atoms with Gasteiger partial charge in [0.15, 0.2) is 0 Å². The van der Waals surface area contributed by atoms with Gasteiger partial charge in [-0.15, -0.1) is 0 Å². The minimum Gasteiger partial charge on any atom is -0.463 e. The number of nitrogens with zero attached hydrogens (tertiary/aromatic N) is 2. The van der Waals surface area contributed by atoms with Crippen LogP contribution in [-0.4, -0.2) is 57.8 Å². The number of ether oxygens (including phenoxy) is 3. The van der Waals surface area contributed by atoms with Crippen LogP contribution in [0.4, 0.5) is 5.82 Å². The first-order chi connectivity index (χ1) is 18.1. The number of rotatable bonds is 12. The molecule has 0 bridgehead atoms. The van der Waals surface area contributed by atoms with E-state index in [0.29, 0.717) is 5.56 Å². The van der Waals surface area contributed by atoms with Crippen LogP contribution >= 0.6 is 0 Å². The number of anilines is 1. The number of hydrogen-bond donors (Lipinski definition) is 1. The standard InChI is InChI=1S/C26H29N3O9/c1-16(30)8-10-23(32)36-15-20-19(38-24(33)11-9-17(2)31)14-22(37-20)29-13-12-21(28-26(29)35)27-25(34)18-6-4-3-5-7-18/h3-7,12-13,19-20,22H,8-11,14-15H2,1-2H3,(H,27,28,34,35)/t19-,20+,22+/m0/s1. The third-order valence-corrected chi connectivity index (χ3v) is 5.65. The van der Waals surface area contributed by atoms with E-state index in [0.717, 1.165) is 0 Å². The second-order valence-corrected chi connectivity index (χ2v) is 8.80. The highest BCUT2D eigenvalue weighted by Crippen LogP contribution is 2.31. The minimum atomic E-state index is -0.902. The van der Waals surface area contributed by atoms with Crippen LogP contribution in [0.25, 0.3) is 0 Å². The van der Waals surface area contributed by atoms with Gasteiger partial charge in [0.25, 0.3) is 5.91 Å². The number of hydrogen-bond acceptors (Lipinski definition) is 10. The van der Waals surface area contributed by atoms with E-state index in [9.17, 15) is 28.8 Å². The third kappa shape index (κ3) is 8.44. The fraction of sp³-hybridized carbons (Fsp3) is 0.423. The van der Waals surface area contributed by atoms with Gasteiger partial charge >= 0.3 is 17.6 Å². The van der Waals surface area contributed by atoms with Crippen molar-refractivity contribution >= 4 is 35.2 Å². The Kier molecular flexibility index (Phi) is 9.99. The van der Waals surface area contributed by atoms with Gasteiger partial charge < -0.3 is 29.1 Å². The molecule has 1 fully saturated rings. The molecule has 1 saturated heterocycles. The second-order valence-electron chi connectivity index (χ2n) is 8.80. The molecule has 0 aliphatic carbocycles. The van der Waals surface area contributed by atoms with Crippen molar-refractivity contribution in [3.8, 4) is 0 Å². The van der Waals surface area contributed by atoms with Crippen molar-refractivity contribution in [1.82, 2.24) is 9.55 Å². The summed E-state index contributed by atoms with van der Waals surface area (Å²) < 4.78 is 17.7. The summed E-state index contributed by atoms with van der Waals surface area (Å²) in [5.41, 5.74) is -0.325. The maximum atomic E-state index is 12.7. The van der Waals surface area contributed by atoms with Crippen LogP contribution < -0.4 is 11.0 Å². The average Bonchev–Trinajstić information content (AvgIpc) is 3.27. The molecule has 1 aromatic carbocycles. The molecule has 0 saturated carbocycles. The van der Waals surface area contributed by atoms with Crippen LogP contribution in [-0.2, 0) is 33.4 Å². The summed E-state index contributed by atoms with van der Waals surface area (Å²) in [5.74, 6) is -1.97. The fourth-order valence-corrected chi connectivity index (χ4v) is 3.66. The van der Waals surface area contributed by atoms with Crippen molar-refractivity contribution in [3.05, 3.63) is 58.6 Å². The van der Waals surface area contributed by atoms with Gasteiger partial charge in [0.1, 0.15) is 42.4 Å². The summed E-state index contributed by atoms with van der Waals surface area (Å²) >= 11 is 0. The maximum absolute atomic E-state index is 12.7. The van der Waals surface area contributed by atoms with E-state index in [1.165, 1.54) is 30.7 Å². The molecular formula is C26H29N3O9. The summed E-state index contributed by atoms with van der Waals surface area (Å²) in [6, 6.07) is 9.85. The molecule has 202 valence electrons. The van der Waals surface area contributed by atoms with Crippen molar-refractivity contribution in [2.75, 3.05) is 11.9 Å². The Morgan fingerprint density at radius 1 is 0.974 bits per heavy atom. The lowest BCUT2D eigenvalue weighted by Gasteiger charge is -2.19. The van der Waals surface area contributed by atoms with Gasteiger partial charge in [-0.05, 0) is 32.0 Å². The lowest BCUT2D eigenvalue weighted by Crippen LogP contribution is -2.32. The smallest absolute Gasteiger partial charge is 0.351 e. The van der Waals surface area contributed by atoms with E-state index in [1.807, 2.05) is 0 Å². The number of carbonyl (C=O) groups excluding carboxylic acids is 5. The Morgan fingerprint density at radius 3 is 2.26 bits per heavy atom. The Morgan fingerprint density at radius 2 is 1.63 bits per heavy atom. The highest BCUT2D eigenvalue weighted by atomic mass is 16.6. The highest BCUT2D eigenvalue weighted by Gasteiger charge is 2.40. The molecule has 2 aromatic rings. The maximum Gasteiger partial charge on any atom is 0.351 e. The topological polar surface area (TPSA) is 160 Å². The molecule has 12 heteroatoms. The SMILES string of the molecule is CC(=O)CCC(=O)OC[C@H]1O[C@@H](n2ccc(NC(=O)c3ccccc3)nc2=O)C[C@@H]1OC(=O)CCC(C)=O. The molecule has 0 radical (unpaired) electrons. The molecule has 1 aliphatic rings. The zero-order valence-electron chi connectivity index (χ0n) is 21.1. The van der Waals surface area contributed by atoms with Gasteiger partial charge in [0.2, 0.25) is 0 Å². The zero-order chi connectivity index (χ0) is 27.7. The van der Waals surface area contributed by atoms with Crippen LogP contribution in [0.1, 0.15) is 62.5 Å². The minimum absolute atomic E-state index is 0.0140. The van der Waals surface area contributed by atoms with Gasteiger partial charge in [-0.3, -0.25) is 19.0 Å². The molecule has 2 heterocycles. The van der Waals surface area contributed by atoms with Gasteiger partial charge in [-0.2, -0.15) is 4.98 Å². The van der Waals surface area contributed by atoms with Gasteiger partial charge in [0, 0.05) is 31.0 Å². The number of Topliss-reactive ketones (excluding diaryl/α,β-unsaturated/α-hetero) is 2. The number of ketones is 2. The van der Waals surface area contributed by atoms with Crippen LogP contribution in [0.15, 0.2) is 47.4 Å². The summed E-state index contributed by atoms with van der Waals surface area (Å²) in [6.07, 6.45) is -1.41. The Labute approximate surface area is 218 Å². The van der Waals surface area contributed by atoms with Crippen LogP contribution in [0.3, 0.4) is 0 Å². The highest BCUT2D eigenvalue weighted by molar-refractivity contribution is 6.03. The van der Waals surface area contributed by atoms with Crippen molar-refractivity contribution in [2.24, 2.45) is 0 Å². The number of benzene rings is 1. The Hall–Kier alpha value is -4.19. The first-order valence-corrected chi connectivity index (χ1v) is 12.1. The number of carbonyl (C=O) groups is 5. The summed E-state index contributed by atoms with van der Waals surface area (Å²) in [7, 11) is 0. The van der Waals surface area contributed by atoms with E-state index >= 15 is 0 Å². The first kappa shape index (κ1) is 28.4. The number of amides is 1. The molecule has 3 rings (SSSR count). The predicted molar refractivity (Wildman–Crippen MR) is 132 cm³/mol. The quantitative estimate of drug-likeness (QED) is 0.404. The van der Waals surface area contributed by atoms with Crippen molar-refractivity contribution in [1.29, 1.82) is 0 Å². The second kappa shape index (κ2) is 13.4. The number of aromatic nitrogens is 2. The van der Waals surface area contributed by atoms with Crippen LogP contribution in [0.2, 0.25) is 0 Å². The summed E-state index contributed by atoms with van der Waals surface area (Å²) in [4.78, 5) is 75.5.